The molecule has 2 aliphatic rings. The van der Waals surface area contributed by atoms with E-state index in [1.165, 1.54) is 6.42 Å². The molecule has 0 spiro atoms. The van der Waals surface area contributed by atoms with Crippen LogP contribution >= 0.6 is 0 Å². The summed E-state index contributed by atoms with van der Waals surface area (Å²) in [4.78, 5) is 12.1. The van der Waals surface area contributed by atoms with Crippen LogP contribution in [0.2, 0.25) is 0 Å². The number of aliphatic hydroxyl groups is 1. The Morgan fingerprint density at radius 2 is 2.19 bits per heavy atom. The monoisotopic (exact) mass is 289 g/mol. The highest BCUT2D eigenvalue weighted by atomic mass is 16.5. The smallest absolute Gasteiger partial charge is 0.220 e. The van der Waals surface area contributed by atoms with Crippen molar-refractivity contribution in [3.8, 4) is 0 Å². The number of amides is 1. The van der Waals surface area contributed by atoms with E-state index in [0.717, 1.165) is 37.0 Å². The van der Waals surface area contributed by atoms with E-state index in [4.69, 9.17) is 4.74 Å². The fourth-order valence-electron chi connectivity index (χ4n) is 3.32. The van der Waals surface area contributed by atoms with Gasteiger partial charge in [-0.1, -0.05) is 24.3 Å². The summed E-state index contributed by atoms with van der Waals surface area (Å²) in [7, 11) is 0. The number of hydrogen-bond donors (Lipinski definition) is 2. The normalized spacial score (nSPS) is 28.1. The van der Waals surface area contributed by atoms with Gasteiger partial charge in [-0.2, -0.15) is 0 Å². The van der Waals surface area contributed by atoms with Crippen molar-refractivity contribution in [1.29, 1.82) is 0 Å². The van der Waals surface area contributed by atoms with Gasteiger partial charge in [-0.05, 0) is 36.8 Å². The number of carbonyl (C=O) groups is 1. The molecule has 1 aliphatic carbocycles. The number of fused-ring (bicyclic) bond motifs is 1. The van der Waals surface area contributed by atoms with Crippen LogP contribution in [0.4, 0.5) is 0 Å². The third-order valence-electron chi connectivity index (χ3n) is 4.49. The second-order valence-electron chi connectivity index (χ2n) is 6.04. The van der Waals surface area contributed by atoms with Crippen LogP contribution in [0.5, 0.6) is 0 Å². The lowest BCUT2D eigenvalue weighted by molar-refractivity contribution is -0.123. The molecule has 114 valence electrons. The molecule has 3 unspecified atom stereocenters. The van der Waals surface area contributed by atoms with Crippen molar-refractivity contribution in [3.63, 3.8) is 0 Å². The van der Waals surface area contributed by atoms with Gasteiger partial charge >= 0.3 is 0 Å². The number of rotatable bonds is 4. The molecule has 0 saturated carbocycles. The maximum atomic E-state index is 12.1. The van der Waals surface area contributed by atoms with E-state index < -0.39 is 6.10 Å². The molecule has 1 heterocycles. The zero-order valence-corrected chi connectivity index (χ0v) is 12.3. The molecule has 21 heavy (non-hydrogen) atoms. The minimum atomic E-state index is -0.516. The summed E-state index contributed by atoms with van der Waals surface area (Å²) in [6, 6.07) is 7.66. The van der Waals surface area contributed by atoms with Gasteiger partial charge in [0.1, 0.15) is 0 Å². The lowest BCUT2D eigenvalue weighted by Gasteiger charge is -2.23. The highest BCUT2D eigenvalue weighted by Gasteiger charge is 2.31. The van der Waals surface area contributed by atoms with Gasteiger partial charge in [-0.3, -0.25) is 4.79 Å². The number of benzene rings is 1. The zero-order chi connectivity index (χ0) is 14.7. The first-order chi connectivity index (χ1) is 10.2. The summed E-state index contributed by atoms with van der Waals surface area (Å²) in [6.45, 7) is 0.820. The molecule has 1 fully saturated rings. The molecule has 1 amide bonds. The number of aliphatic hydroxyl groups excluding tert-OH is 1. The van der Waals surface area contributed by atoms with Gasteiger partial charge in [0.15, 0.2) is 0 Å². The standard InChI is InChI=1S/C17H23NO3/c19-15-11-12-5-1-2-7-14(12)17(15)18-16(20)9-8-13-6-3-4-10-21-13/h1-2,5,7,13,15,17,19H,3-4,6,8-11H2,(H,18,20). The van der Waals surface area contributed by atoms with Crippen LogP contribution in [0.3, 0.4) is 0 Å². The van der Waals surface area contributed by atoms with Crippen molar-refractivity contribution >= 4 is 5.91 Å². The third-order valence-corrected chi connectivity index (χ3v) is 4.49. The number of ether oxygens (including phenoxy) is 1. The molecule has 0 aromatic heterocycles. The van der Waals surface area contributed by atoms with Gasteiger partial charge in [-0.25, -0.2) is 0 Å². The molecular formula is C17H23NO3. The number of carbonyl (C=O) groups excluding carboxylic acids is 1. The highest BCUT2D eigenvalue weighted by molar-refractivity contribution is 5.76. The van der Waals surface area contributed by atoms with E-state index in [-0.39, 0.29) is 18.1 Å². The Labute approximate surface area is 125 Å². The second kappa shape index (κ2) is 6.58. The Morgan fingerprint density at radius 3 is 3.00 bits per heavy atom. The average Bonchev–Trinajstić information content (AvgIpc) is 2.82. The van der Waals surface area contributed by atoms with Crippen LogP contribution in [-0.4, -0.2) is 29.8 Å². The van der Waals surface area contributed by atoms with E-state index in [1.807, 2.05) is 24.3 Å². The van der Waals surface area contributed by atoms with Crippen LogP contribution in [0.15, 0.2) is 24.3 Å². The average molecular weight is 289 g/mol. The Balaban J connectivity index is 1.52. The van der Waals surface area contributed by atoms with Crippen molar-refractivity contribution in [2.75, 3.05) is 6.61 Å². The molecule has 1 saturated heterocycles. The van der Waals surface area contributed by atoms with Crippen molar-refractivity contribution in [3.05, 3.63) is 35.4 Å². The van der Waals surface area contributed by atoms with Crippen LogP contribution in [0, 0.1) is 0 Å². The molecule has 2 N–H and O–H groups in total. The van der Waals surface area contributed by atoms with E-state index in [0.29, 0.717) is 12.8 Å². The topological polar surface area (TPSA) is 58.6 Å². The summed E-state index contributed by atoms with van der Waals surface area (Å²) in [5.41, 5.74) is 2.18. The lowest BCUT2D eigenvalue weighted by atomic mass is 10.0. The van der Waals surface area contributed by atoms with Crippen LogP contribution in [0.25, 0.3) is 0 Å². The Bertz CT molecular complexity index is 497. The molecule has 4 heteroatoms. The molecule has 3 atom stereocenters. The first-order valence-electron chi connectivity index (χ1n) is 7.91. The van der Waals surface area contributed by atoms with Gasteiger partial charge in [0.25, 0.3) is 0 Å². The molecule has 4 nitrogen and oxygen atoms in total. The summed E-state index contributed by atoms with van der Waals surface area (Å²) in [6.07, 6.45) is 4.96. The molecule has 1 aliphatic heterocycles. The van der Waals surface area contributed by atoms with Crippen molar-refractivity contribution in [1.82, 2.24) is 5.32 Å². The van der Waals surface area contributed by atoms with Crippen molar-refractivity contribution in [2.24, 2.45) is 0 Å². The van der Waals surface area contributed by atoms with Gasteiger partial charge in [0, 0.05) is 19.4 Å². The van der Waals surface area contributed by atoms with Crippen LogP contribution < -0.4 is 5.32 Å². The van der Waals surface area contributed by atoms with Crippen LogP contribution in [-0.2, 0) is 16.0 Å². The SMILES string of the molecule is O=C(CCC1CCCCO1)NC1c2ccccc2CC1O. The van der Waals surface area contributed by atoms with E-state index in [2.05, 4.69) is 5.32 Å². The maximum Gasteiger partial charge on any atom is 0.220 e. The minimum absolute atomic E-state index is 0.00456. The largest absolute Gasteiger partial charge is 0.390 e. The van der Waals surface area contributed by atoms with E-state index >= 15 is 0 Å². The second-order valence-corrected chi connectivity index (χ2v) is 6.04. The first kappa shape index (κ1) is 14.5. The molecule has 1 aromatic rings. The molecule has 0 radical (unpaired) electrons. The first-order valence-corrected chi connectivity index (χ1v) is 7.91. The van der Waals surface area contributed by atoms with Gasteiger partial charge in [-0.15, -0.1) is 0 Å². The summed E-state index contributed by atoms with van der Waals surface area (Å²) >= 11 is 0. The minimum Gasteiger partial charge on any atom is -0.390 e. The number of hydrogen-bond acceptors (Lipinski definition) is 3. The molecule has 1 aromatic carbocycles. The molecular weight excluding hydrogens is 266 g/mol. The van der Waals surface area contributed by atoms with E-state index in [1.54, 1.807) is 0 Å². The highest BCUT2D eigenvalue weighted by Crippen LogP contribution is 2.31. The zero-order valence-electron chi connectivity index (χ0n) is 12.3. The third kappa shape index (κ3) is 3.44. The van der Waals surface area contributed by atoms with E-state index in [9.17, 15) is 9.90 Å². The quantitative estimate of drug-likeness (QED) is 0.892. The van der Waals surface area contributed by atoms with Gasteiger partial charge < -0.3 is 15.2 Å². The predicted octanol–water partition coefficient (Wildman–Crippen LogP) is 2.11. The Morgan fingerprint density at radius 1 is 1.33 bits per heavy atom. The fraction of sp³-hybridized carbons (Fsp3) is 0.588. The maximum absolute atomic E-state index is 12.1. The summed E-state index contributed by atoms with van der Waals surface area (Å²) in [5, 5.41) is 13.1. The fourth-order valence-corrected chi connectivity index (χ4v) is 3.32. The summed E-state index contributed by atoms with van der Waals surface area (Å²) < 4.78 is 5.65. The van der Waals surface area contributed by atoms with Crippen LogP contribution in [0.1, 0.15) is 49.3 Å². The number of nitrogens with one attached hydrogen (secondary N) is 1. The lowest BCUT2D eigenvalue weighted by Crippen LogP contribution is -2.34. The predicted molar refractivity (Wildman–Crippen MR) is 79.9 cm³/mol. The van der Waals surface area contributed by atoms with Gasteiger partial charge in [0.05, 0.1) is 18.2 Å². The van der Waals surface area contributed by atoms with Crippen molar-refractivity contribution < 1.29 is 14.6 Å². The molecule has 3 rings (SSSR count). The van der Waals surface area contributed by atoms with Crippen molar-refractivity contribution in [2.45, 2.75) is 56.8 Å². The van der Waals surface area contributed by atoms with Gasteiger partial charge in [0.2, 0.25) is 5.91 Å². The molecule has 0 bridgehead atoms. The Kier molecular flexibility index (Phi) is 4.56. The summed E-state index contributed by atoms with van der Waals surface area (Å²) in [5.74, 6) is 0.00456. The Hall–Kier alpha value is -1.39.